The van der Waals surface area contributed by atoms with Crippen LogP contribution in [0.2, 0.25) is 5.02 Å². The van der Waals surface area contributed by atoms with Crippen molar-refractivity contribution in [2.75, 3.05) is 48.6 Å². The Hall–Kier alpha value is -3.97. The monoisotopic (exact) mass is 564 g/mol. The molecule has 11 nitrogen and oxygen atoms in total. The van der Waals surface area contributed by atoms with E-state index in [4.69, 9.17) is 25.8 Å². The van der Waals surface area contributed by atoms with E-state index in [2.05, 4.69) is 25.5 Å². The van der Waals surface area contributed by atoms with Crippen LogP contribution in [-0.4, -0.2) is 59.9 Å². The Bertz CT molecular complexity index is 1620. The number of rotatable bonds is 5. The number of carbonyl (C=O) groups excluding carboxylic acids is 2. The third-order valence-corrected chi connectivity index (χ3v) is 8.13. The van der Waals surface area contributed by atoms with Crippen LogP contribution in [0, 0.1) is 0 Å². The molecule has 0 unspecified atom stereocenters. The number of thiophene rings is 1. The summed E-state index contributed by atoms with van der Waals surface area (Å²) in [5, 5.41) is 6.61. The van der Waals surface area contributed by atoms with Gasteiger partial charge in [0.25, 0.3) is 5.91 Å². The molecule has 13 heteroatoms. The van der Waals surface area contributed by atoms with Crippen LogP contribution >= 0.6 is 22.9 Å². The summed E-state index contributed by atoms with van der Waals surface area (Å²) >= 11 is 7.68. The number of anilines is 4. The molecule has 0 spiro atoms. The molecule has 1 fully saturated rings. The molecule has 0 saturated carbocycles. The molecule has 2 N–H and O–H groups in total. The zero-order valence-corrected chi connectivity index (χ0v) is 22.0. The molecule has 1 saturated heterocycles. The standard InChI is InChI=1S/C26H21ClN6O5S/c27-16-5-6-17-21(38-13-37-17)20(16)33-23-18-19(31-26(33)35)22(39-25(18)29-12-28-23)24(34)30-15-3-1-14(2-4-15)11-32-7-9-36-10-8-32/h1-6,12H,7-11,13H2,(H,30,34)(H,31,35). The minimum absolute atomic E-state index is 0.0134. The quantitative estimate of drug-likeness (QED) is 0.353. The predicted molar refractivity (Wildman–Crippen MR) is 147 cm³/mol. The van der Waals surface area contributed by atoms with Gasteiger partial charge in [0.2, 0.25) is 6.79 Å². The van der Waals surface area contributed by atoms with Gasteiger partial charge in [-0.25, -0.2) is 19.7 Å². The Labute approximate surface area is 231 Å². The van der Waals surface area contributed by atoms with Crippen molar-refractivity contribution in [1.29, 1.82) is 0 Å². The number of halogens is 1. The van der Waals surface area contributed by atoms with E-state index >= 15 is 0 Å². The number of amides is 3. The number of carbonyl (C=O) groups is 2. The van der Waals surface area contributed by atoms with Gasteiger partial charge in [-0.15, -0.1) is 11.3 Å². The fourth-order valence-corrected chi connectivity index (χ4v) is 6.09. The van der Waals surface area contributed by atoms with Gasteiger partial charge in [-0.1, -0.05) is 23.7 Å². The highest BCUT2D eigenvalue weighted by atomic mass is 35.5. The third-order valence-electron chi connectivity index (χ3n) is 6.73. The molecule has 3 amide bonds. The van der Waals surface area contributed by atoms with Gasteiger partial charge < -0.3 is 24.8 Å². The van der Waals surface area contributed by atoms with E-state index in [1.54, 1.807) is 12.1 Å². The van der Waals surface area contributed by atoms with E-state index in [1.165, 1.54) is 22.6 Å². The molecule has 2 aromatic heterocycles. The van der Waals surface area contributed by atoms with Gasteiger partial charge in [-0.2, -0.15) is 0 Å². The molecule has 198 valence electrons. The number of morpholine rings is 1. The van der Waals surface area contributed by atoms with Crippen LogP contribution in [0.5, 0.6) is 11.5 Å². The van der Waals surface area contributed by atoms with Crippen molar-refractivity contribution in [2.45, 2.75) is 6.54 Å². The number of nitrogens with one attached hydrogen (secondary N) is 2. The molecule has 4 aromatic rings. The van der Waals surface area contributed by atoms with Crippen LogP contribution in [0.4, 0.5) is 27.7 Å². The summed E-state index contributed by atoms with van der Waals surface area (Å²) in [5.41, 5.74) is 2.46. The molecule has 0 bridgehead atoms. The summed E-state index contributed by atoms with van der Waals surface area (Å²) < 4.78 is 16.5. The summed E-state index contributed by atoms with van der Waals surface area (Å²) in [6.45, 7) is 4.14. The van der Waals surface area contributed by atoms with Crippen LogP contribution in [0.25, 0.3) is 10.2 Å². The second kappa shape index (κ2) is 9.65. The van der Waals surface area contributed by atoms with Gasteiger partial charge in [0.05, 0.1) is 29.3 Å². The van der Waals surface area contributed by atoms with Crippen molar-refractivity contribution < 1.29 is 23.8 Å². The molecular weight excluding hydrogens is 544 g/mol. The topological polar surface area (TPSA) is 118 Å². The fraction of sp³-hybridized carbons (Fsp3) is 0.231. The lowest BCUT2D eigenvalue weighted by molar-refractivity contribution is 0.0342. The smallest absolute Gasteiger partial charge is 0.332 e. The van der Waals surface area contributed by atoms with Gasteiger partial charge >= 0.3 is 6.03 Å². The number of ether oxygens (including phenoxy) is 3. The number of benzene rings is 2. The molecule has 5 heterocycles. The molecule has 0 aliphatic carbocycles. The Balaban J connectivity index is 1.19. The first-order valence-corrected chi connectivity index (χ1v) is 13.4. The van der Waals surface area contributed by atoms with Crippen molar-refractivity contribution >= 4 is 68.0 Å². The average molecular weight is 565 g/mol. The minimum atomic E-state index is -0.534. The number of urea groups is 1. The molecule has 3 aliphatic heterocycles. The van der Waals surface area contributed by atoms with Crippen molar-refractivity contribution in [3.05, 3.63) is 58.2 Å². The summed E-state index contributed by atoms with van der Waals surface area (Å²) in [4.78, 5) is 40.1. The highest BCUT2D eigenvalue weighted by Crippen LogP contribution is 2.51. The molecule has 3 aliphatic rings. The largest absolute Gasteiger partial charge is 0.454 e. The SMILES string of the molecule is O=C(Nc1ccc(CN2CCOCC2)cc1)c1sc2ncnc3c2c1NC(=O)N3c1c(Cl)ccc2c1OCO2. The lowest BCUT2D eigenvalue weighted by atomic mass is 10.1. The zero-order chi connectivity index (χ0) is 26.5. The fourth-order valence-electron chi connectivity index (χ4n) is 4.87. The van der Waals surface area contributed by atoms with Crippen LogP contribution in [-0.2, 0) is 11.3 Å². The van der Waals surface area contributed by atoms with E-state index in [-0.39, 0.29) is 17.7 Å². The van der Waals surface area contributed by atoms with E-state index in [1.807, 2.05) is 24.3 Å². The van der Waals surface area contributed by atoms with Crippen molar-refractivity contribution in [1.82, 2.24) is 14.9 Å². The Kier molecular flexibility index (Phi) is 5.96. The van der Waals surface area contributed by atoms with Gasteiger partial charge in [0.15, 0.2) is 17.3 Å². The van der Waals surface area contributed by atoms with Crippen LogP contribution < -0.4 is 25.0 Å². The first-order chi connectivity index (χ1) is 19.1. The van der Waals surface area contributed by atoms with Gasteiger partial charge in [0, 0.05) is 25.3 Å². The van der Waals surface area contributed by atoms with Gasteiger partial charge in [-0.3, -0.25) is 9.69 Å². The summed E-state index contributed by atoms with van der Waals surface area (Å²) in [6, 6.07) is 10.5. The number of aromatic nitrogens is 2. The summed E-state index contributed by atoms with van der Waals surface area (Å²) in [6.07, 6.45) is 1.35. The highest BCUT2D eigenvalue weighted by molar-refractivity contribution is 7.21. The highest BCUT2D eigenvalue weighted by Gasteiger charge is 2.37. The lowest BCUT2D eigenvalue weighted by Crippen LogP contribution is -2.35. The van der Waals surface area contributed by atoms with E-state index in [9.17, 15) is 9.59 Å². The zero-order valence-electron chi connectivity index (χ0n) is 20.4. The van der Waals surface area contributed by atoms with Crippen molar-refractivity contribution in [3.8, 4) is 11.5 Å². The van der Waals surface area contributed by atoms with Crippen LogP contribution in [0.3, 0.4) is 0 Å². The first kappa shape index (κ1) is 24.1. The second-order valence-electron chi connectivity index (χ2n) is 9.12. The number of nitrogens with zero attached hydrogens (tertiary/aromatic N) is 4. The normalized spacial score (nSPS) is 16.4. The first-order valence-electron chi connectivity index (χ1n) is 12.2. The maximum Gasteiger partial charge on any atom is 0.332 e. The average Bonchev–Trinajstić information content (AvgIpc) is 3.57. The van der Waals surface area contributed by atoms with E-state index in [0.717, 1.165) is 38.4 Å². The van der Waals surface area contributed by atoms with Crippen LogP contribution in [0.1, 0.15) is 15.2 Å². The molecule has 0 radical (unpaired) electrons. The van der Waals surface area contributed by atoms with Gasteiger partial charge in [-0.05, 0) is 29.8 Å². The van der Waals surface area contributed by atoms with E-state index < -0.39 is 6.03 Å². The van der Waals surface area contributed by atoms with Crippen LogP contribution in [0.15, 0.2) is 42.7 Å². The Morgan fingerprint density at radius 3 is 2.74 bits per heavy atom. The number of hydrogen-bond acceptors (Lipinski definition) is 9. The molecular formula is C26H21ClN6O5S. The summed E-state index contributed by atoms with van der Waals surface area (Å²) in [5.74, 6) is 0.758. The summed E-state index contributed by atoms with van der Waals surface area (Å²) in [7, 11) is 0. The van der Waals surface area contributed by atoms with Crippen molar-refractivity contribution in [3.63, 3.8) is 0 Å². The third kappa shape index (κ3) is 4.21. The van der Waals surface area contributed by atoms with E-state index in [0.29, 0.717) is 49.5 Å². The molecule has 0 atom stereocenters. The minimum Gasteiger partial charge on any atom is -0.454 e. The Morgan fingerprint density at radius 1 is 1.10 bits per heavy atom. The number of fused-ring (bicyclic) bond motifs is 1. The maximum absolute atomic E-state index is 13.4. The second-order valence-corrected chi connectivity index (χ2v) is 10.5. The Morgan fingerprint density at radius 2 is 1.92 bits per heavy atom. The maximum atomic E-state index is 13.4. The lowest BCUT2D eigenvalue weighted by Gasteiger charge is -2.28. The van der Waals surface area contributed by atoms with Crippen molar-refractivity contribution in [2.24, 2.45) is 0 Å². The molecule has 2 aromatic carbocycles. The number of hydrogen-bond donors (Lipinski definition) is 2. The molecule has 39 heavy (non-hydrogen) atoms. The van der Waals surface area contributed by atoms with Gasteiger partial charge in [0.1, 0.15) is 21.7 Å². The predicted octanol–water partition coefficient (Wildman–Crippen LogP) is 4.84. The molecule has 7 rings (SSSR count).